The quantitative estimate of drug-likeness (QED) is 0.175. The zero-order valence-corrected chi connectivity index (χ0v) is 32.2. The summed E-state index contributed by atoms with van der Waals surface area (Å²) >= 11 is 0. The molecular formula is C53H37N5O. The Morgan fingerprint density at radius 3 is 1.75 bits per heavy atom. The Bertz CT molecular complexity index is 3190. The minimum absolute atomic E-state index is 0.137. The van der Waals surface area contributed by atoms with Gasteiger partial charge in [-0.25, -0.2) is 15.0 Å². The molecule has 0 saturated heterocycles. The van der Waals surface area contributed by atoms with Gasteiger partial charge in [0.25, 0.3) is 0 Å². The molecule has 1 N–H and O–H groups in total. The van der Waals surface area contributed by atoms with Gasteiger partial charge in [0, 0.05) is 33.2 Å². The minimum Gasteiger partial charge on any atom is -0.456 e. The molecule has 280 valence electrons. The summed E-state index contributed by atoms with van der Waals surface area (Å²) in [4.78, 5) is 17.9. The van der Waals surface area contributed by atoms with Gasteiger partial charge in [-0.05, 0) is 82.8 Å². The lowest BCUT2D eigenvalue weighted by atomic mass is 9.91. The lowest BCUT2D eigenvalue weighted by Crippen LogP contribution is -2.28. The van der Waals surface area contributed by atoms with E-state index in [2.05, 4.69) is 151 Å². The molecule has 59 heavy (non-hydrogen) atoms. The molecule has 0 spiro atoms. The second-order valence-electron chi connectivity index (χ2n) is 14.9. The van der Waals surface area contributed by atoms with Crippen molar-refractivity contribution < 1.29 is 4.42 Å². The van der Waals surface area contributed by atoms with Crippen molar-refractivity contribution in [3.8, 4) is 67.5 Å². The maximum atomic E-state index is 6.28. The van der Waals surface area contributed by atoms with E-state index in [0.717, 1.165) is 77.8 Å². The molecular weight excluding hydrogens is 723 g/mol. The van der Waals surface area contributed by atoms with Gasteiger partial charge < -0.3 is 14.6 Å². The molecule has 1 unspecified atom stereocenters. The van der Waals surface area contributed by atoms with Crippen LogP contribution >= 0.6 is 0 Å². The highest BCUT2D eigenvalue weighted by molar-refractivity contribution is 6.11. The maximum Gasteiger partial charge on any atom is 0.164 e. The number of anilines is 3. The SMILES string of the molecule is CC1Nc2ccccc2N1c1cccc(-c2ccccc2-c2cccc(-c3ccccc3-c3nc(-c4ccccc4)nc(-c4cccc5oc6ccccc6c45)n3)c2)c1. The van der Waals surface area contributed by atoms with Crippen LogP contribution in [0.3, 0.4) is 0 Å². The van der Waals surface area contributed by atoms with Gasteiger partial charge in [0.1, 0.15) is 17.3 Å². The lowest BCUT2D eigenvalue weighted by Gasteiger charge is -2.25. The van der Waals surface area contributed by atoms with E-state index in [1.54, 1.807) is 0 Å². The van der Waals surface area contributed by atoms with Crippen molar-refractivity contribution in [2.75, 3.05) is 10.2 Å². The second kappa shape index (κ2) is 14.3. The summed E-state index contributed by atoms with van der Waals surface area (Å²) in [6.45, 7) is 2.20. The molecule has 1 atom stereocenters. The number of nitrogens with one attached hydrogen (secondary N) is 1. The van der Waals surface area contributed by atoms with Crippen LogP contribution in [0.15, 0.2) is 199 Å². The highest BCUT2D eigenvalue weighted by Gasteiger charge is 2.26. The van der Waals surface area contributed by atoms with Crippen molar-refractivity contribution >= 4 is 39.0 Å². The zero-order valence-electron chi connectivity index (χ0n) is 32.2. The largest absolute Gasteiger partial charge is 0.456 e. The molecule has 2 aromatic heterocycles. The van der Waals surface area contributed by atoms with E-state index in [1.165, 1.54) is 11.3 Å². The van der Waals surface area contributed by atoms with Crippen LogP contribution in [-0.2, 0) is 0 Å². The number of furan rings is 1. The fourth-order valence-corrected chi connectivity index (χ4v) is 8.55. The predicted molar refractivity (Wildman–Crippen MR) is 241 cm³/mol. The van der Waals surface area contributed by atoms with Crippen LogP contribution in [0.1, 0.15) is 6.92 Å². The molecule has 0 bridgehead atoms. The van der Waals surface area contributed by atoms with Gasteiger partial charge >= 0.3 is 0 Å². The number of para-hydroxylation sites is 3. The fraction of sp³-hybridized carbons (Fsp3) is 0.0377. The van der Waals surface area contributed by atoms with E-state index in [4.69, 9.17) is 19.4 Å². The summed E-state index contributed by atoms with van der Waals surface area (Å²) in [6.07, 6.45) is 0.137. The fourth-order valence-electron chi connectivity index (χ4n) is 8.55. The predicted octanol–water partition coefficient (Wildman–Crippen LogP) is 13.7. The van der Waals surface area contributed by atoms with Crippen molar-refractivity contribution in [3.05, 3.63) is 194 Å². The zero-order chi connectivity index (χ0) is 39.3. The molecule has 6 nitrogen and oxygen atoms in total. The molecule has 3 heterocycles. The van der Waals surface area contributed by atoms with Crippen LogP contribution in [0, 0.1) is 0 Å². The maximum absolute atomic E-state index is 6.28. The Morgan fingerprint density at radius 2 is 0.966 bits per heavy atom. The summed E-state index contributed by atoms with van der Waals surface area (Å²) in [5, 5.41) is 5.64. The summed E-state index contributed by atoms with van der Waals surface area (Å²) in [5.74, 6) is 1.80. The molecule has 0 amide bonds. The van der Waals surface area contributed by atoms with E-state index in [0.29, 0.717) is 17.5 Å². The van der Waals surface area contributed by atoms with E-state index in [-0.39, 0.29) is 6.17 Å². The third kappa shape index (κ3) is 6.10. The second-order valence-corrected chi connectivity index (χ2v) is 14.9. The standard InChI is InChI=1S/C53H37N5O/c1-34-54-46-28-10-11-29-47(46)58(34)39-21-14-20-38(33-39)41-23-6-5-22-40(41)36-18-13-19-37(32-36)42-24-7-8-25-43(42)52-55-51(35-16-3-2-4-17-35)56-53(57-52)45-27-15-31-49-50(45)44-26-9-12-30-48(44)59-49/h2-34,54H,1H3. The minimum atomic E-state index is 0.137. The lowest BCUT2D eigenvalue weighted by molar-refractivity contribution is 0.669. The van der Waals surface area contributed by atoms with Crippen molar-refractivity contribution in [2.24, 2.45) is 0 Å². The normalized spacial score (nSPS) is 13.4. The Labute approximate surface area is 342 Å². The first-order chi connectivity index (χ1) is 29.2. The first kappa shape index (κ1) is 34.4. The number of rotatable bonds is 7. The monoisotopic (exact) mass is 759 g/mol. The Balaban J connectivity index is 1.02. The molecule has 0 fully saturated rings. The molecule has 6 heteroatoms. The van der Waals surface area contributed by atoms with Crippen LogP contribution in [0.25, 0.3) is 89.5 Å². The van der Waals surface area contributed by atoms with E-state index in [1.807, 2.05) is 60.7 Å². The summed E-state index contributed by atoms with van der Waals surface area (Å²) in [5.41, 5.74) is 14.6. The number of fused-ring (bicyclic) bond motifs is 4. The van der Waals surface area contributed by atoms with Gasteiger partial charge in [-0.1, -0.05) is 152 Å². The van der Waals surface area contributed by atoms with Crippen LogP contribution in [0.4, 0.5) is 17.1 Å². The van der Waals surface area contributed by atoms with Crippen LogP contribution in [0.5, 0.6) is 0 Å². The highest BCUT2D eigenvalue weighted by Crippen LogP contribution is 2.43. The number of benzene rings is 8. The van der Waals surface area contributed by atoms with Gasteiger partial charge in [-0.15, -0.1) is 0 Å². The van der Waals surface area contributed by atoms with E-state index in [9.17, 15) is 0 Å². The Hall–Kier alpha value is -7.83. The molecule has 0 saturated carbocycles. The number of hydrogen-bond acceptors (Lipinski definition) is 6. The Kier molecular flexibility index (Phi) is 8.33. The number of nitrogens with zero attached hydrogens (tertiary/aromatic N) is 4. The third-order valence-electron chi connectivity index (χ3n) is 11.2. The average molecular weight is 760 g/mol. The van der Waals surface area contributed by atoms with Crippen molar-refractivity contribution in [1.82, 2.24) is 15.0 Å². The molecule has 0 radical (unpaired) electrons. The third-order valence-corrected chi connectivity index (χ3v) is 11.2. The molecule has 1 aliphatic rings. The summed E-state index contributed by atoms with van der Waals surface area (Å²) in [6, 6.07) is 67.5. The van der Waals surface area contributed by atoms with Crippen molar-refractivity contribution in [1.29, 1.82) is 0 Å². The average Bonchev–Trinajstić information content (AvgIpc) is 3.86. The van der Waals surface area contributed by atoms with Gasteiger partial charge in [0.05, 0.1) is 11.4 Å². The first-order valence-corrected chi connectivity index (χ1v) is 19.9. The van der Waals surface area contributed by atoms with Crippen LogP contribution < -0.4 is 10.2 Å². The molecule has 1 aliphatic heterocycles. The summed E-state index contributed by atoms with van der Waals surface area (Å²) < 4.78 is 6.28. The molecule has 11 rings (SSSR count). The topological polar surface area (TPSA) is 67.1 Å². The van der Waals surface area contributed by atoms with Gasteiger partial charge in [-0.2, -0.15) is 0 Å². The van der Waals surface area contributed by atoms with Gasteiger partial charge in [0.2, 0.25) is 0 Å². The molecule has 8 aromatic carbocycles. The highest BCUT2D eigenvalue weighted by atomic mass is 16.3. The number of hydrogen-bond donors (Lipinski definition) is 1. The van der Waals surface area contributed by atoms with Crippen molar-refractivity contribution in [2.45, 2.75) is 13.1 Å². The smallest absolute Gasteiger partial charge is 0.164 e. The van der Waals surface area contributed by atoms with Crippen LogP contribution in [-0.4, -0.2) is 21.1 Å². The van der Waals surface area contributed by atoms with E-state index >= 15 is 0 Å². The number of aromatic nitrogens is 3. The van der Waals surface area contributed by atoms with Gasteiger partial charge in [0.15, 0.2) is 17.5 Å². The first-order valence-electron chi connectivity index (χ1n) is 19.9. The molecule has 10 aromatic rings. The van der Waals surface area contributed by atoms with Crippen LogP contribution in [0.2, 0.25) is 0 Å². The van der Waals surface area contributed by atoms with Gasteiger partial charge in [-0.3, -0.25) is 0 Å². The molecule has 0 aliphatic carbocycles. The van der Waals surface area contributed by atoms with E-state index < -0.39 is 0 Å². The van der Waals surface area contributed by atoms with Crippen molar-refractivity contribution in [3.63, 3.8) is 0 Å². The summed E-state index contributed by atoms with van der Waals surface area (Å²) in [7, 11) is 0. The Morgan fingerprint density at radius 1 is 0.441 bits per heavy atom.